The molecule has 1 amide bonds. The van der Waals surface area contributed by atoms with E-state index in [0.717, 1.165) is 52.5 Å². The molecule has 0 atom stereocenters. The Morgan fingerprint density at radius 3 is 2.73 bits per heavy atom. The van der Waals surface area contributed by atoms with Crippen molar-refractivity contribution in [3.63, 3.8) is 0 Å². The zero-order valence-electron chi connectivity index (χ0n) is 18.0. The lowest BCUT2D eigenvalue weighted by molar-refractivity contribution is 0.0927. The van der Waals surface area contributed by atoms with Crippen molar-refractivity contribution in [3.05, 3.63) is 70.4 Å². The number of carbonyl (C=O) groups is 1. The first-order valence-corrected chi connectivity index (χ1v) is 12.6. The van der Waals surface area contributed by atoms with Gasteiger partial charge in [0.05, 0.1) is 41.2 Å². The van der Waals surface area contributed by atoms with E-state index in [2.05, 4.69) is 43.2 Å². The van der Waals surface area contributed by atoms with Gasteiger partial charge in [-0.1, -0.05) is 40.8 Å². The van der Waals surface area contributed by atoms with E-state index in [0.29, 0.717) is 17.6 Å². The van der Waals surface area contributed by atoms with E-state index in [1.807, 2.05) is 36.4 Å². The molecule has 0 spiro atoms. The maximum atomic E-state index is 13.0. The van der Waals surface area contributed by atoms with Gasteiger partial charge in [0.1, 0.15) is 5.75 Å². The number of nitrogens with one attached hydrogen (secondary N) is 2. The molecule has 1 aliphatic carbocycles. The minimum absolute atomic E-state index is 0.101. The maximum absolute atomic E-state index is 13.0. The van der Waals surface area contributed by atoms with Gasteiger partial charge in [-0.15, -0.1) is 0 Å². The summed E-state index contributed by atoms with van der Waals surface area (Å²) in [5, 5.41) is 16.1. The van der Waals surface area contributed by atoms with E-state index in [1.165, 1.54) is 0 Å². The van der Waals surface area contributed by atoms with Crippen LogP contribution in [0.15, 0.2) is 53.6 Å². The number of hydrogen-bond acceptors (Lipinski definition) is 5. The summed E-state index contributed by atoms with van der Waals surface area (Å²) in [7, 11) is 0. The van der Waals surface area contributed by atoms with Crippen LogP contribution < -0.4 is 15.6 Å². The van der Waals surface area contributed by atoms with Crippen LogP contribution in [-0.4, -0.2) is 42.8 Å². The Hall–Kier alpha value is -2.95. The minimum Gasteiger partial charge on any atom is -0.491 e. The SMILES string of the molecule is O=C(N[C@H]1CC[C@H](c2n[nH]c(=O)c3ccccc32)CC1)c1cnn2cc(OCCI)ccc12. The highest BCUT2D eigenvalue weighted by Gasteiger charge is 2.27. The van der Waals surface area contributed by atoms with Crippen molar-refractivity contribution in [2.24, 2.45) is 0 Å². The largest absolute Gasteiger partial charge is 0.491 e. The summed E-state index contributed by atoms with van der Waals surface area (Å²) in [6, 6.07) is 11.4. The molecule has 0 radical (unpaired) electrons. The third kappa shape index (κ3) is 4.46. The number of benzene rings is 1. The lowest BCUT2D eigenvalue weighted by Gasteiger charge is -2.29. The summed E-state index contributed by atoms with van der Waals surface area (Å²) in [4.78, 5) is 25.0. The maximum Gasteiger partial charge on any atom is 0.272 e. The van der Waals surface area contributed by atoms with Gasteiger partial charge in [0.25, 0.3) is 11.5 Å². The molecule has 9 heteroatoms. The van der Waals surface area contributed by atoms with Crippen LogP contribution in [-0.2, 0) is 0 Å². The molecule has 1 saturated carbocycles. The summed E-state index contributed by atoms with van der Waals surface area (Å²) in [5.41, 5.74) is 2.10. The number of aromatic nitrogens is 4. The van der Waals surface area contributed by atoms with E-state index in [9.17, 15) is 9.59 Å². The number of aromatic amines is 1. The highest BCUT2D eigenvalue weighted by atomic mass is 127. The third-order valence-corrected chi connectivity index (χ3v) is 6.69. The van der Waals surface area contributed by atoms with Crippen molar-refractivity contribution >= 4 is 44.8 Å². The third-order valence-electron chi connectivity index (χ3n) is 6.25. The first-order valence-electron chi connectivity index (χ1n) is 11.1. The number of fused-ring (bicyclic) bond motifs is 2. The Labute approximate surface area is 203 Å². The van der Waals surface area contributed by atoms with Gasteiger partial charge in [0.2, 0.25) is 0 Å². The predicted octanol–water partition coefficient (Wildman–Crippen LogP) is 3.84. The second kappa shape index (κ2) is 9.50. The fourth-order valence-electron chi connectivity index (χ4n) is 4.60. The van der Waals surface area contributed by atoms with E-state index in [4.69, 9.17) is 4.74 Å². The van der Waals surface area contributed by atoms with Crippen LogP contribution in [0.25, 0.3) is 16.3 Å². The number of rotatable bonds is 6. The van der Waals surface area contributed by atoms with Crippen molar-refractivity contribution < 1.29 is 9.53 Å². The van der Waals surface area contributed by atoms with Gasteiger partial charge in [-0.2, -0.15) is 10.2 Å². The van der Waals surface area contributed by atoms with Gasteiger partial charge in [0.15, 0.2) is 0 Å². The molecule has 4 aromatic rings. The number of ether oxygens (including phenoxy) is 1. The summed E-state index contributed by atoms with van der Waals surface area (Å²) < 4.78 is 8.22. The van der Waals surface area contributed by atoms with Gasteiger partial charge >= 0.3 is 0 Å². The minimum atomic E-state index is -0.160. The Morgan fingerprint density at radius 2 is 1.94 bits per heavy atom. The molecule has 33 heavy (non-hydrogen) atoms. The molecule has 0 unspecified atom stereocenters. The van der Waals surface area contributed by atoms with Gasteiger partial charge in [0, 0.05) is 21.8 Å². The van der Waals surface area contributed by atoms with Crippen molar-refractivity contribution in [3.8, 4) is 5.75 Å². The molecule has 8 nitrogen and oxygen atoms in total. The van der Waals surface area contributed by atoms with Crippen molar-refractivity contribution in [1.29, 1.82) is 0 Å². The molecule has 1 aromatic carbocycles. The average Bonchev–Trinajstić information content (AvgIpc) is 3.27. The first kappa shape index (κ1) is 21.9. The Morgan fingerprint density at radius 1 is 1.15 bits per heavy atom. The van der Waals surface area contributed by atoms with Crippen LogP contribution in [0.2, 0.25) is 0 Å². The Kier molecular flexibility index (Phi) is 6.30. The van der Waals surface area contributed by atoms with E-state index in [1.54, 1.807) is 16.9 Å². The number of amides is 1. The molecule has 170 valence electrons. The van der Waals surface area contributed by atoms with E-state index >= 15 is 0 Å². The van der Waals surface area contributed by atoms with Gasteiger partial charge in [-0.05, 0) is 43.9 Å². The number of alkyl halides is 1. The molecule has 1 fully saturated rings. The van der Waals surface area contributed by atoms with Crippen LogP contribution in [0.1, 0.15) is 47.7 Å². The number of halogens is 1. The molecule has 3 aromatic heterocycles. The van der Waals surface area contributed by atoms with Crippen LogP contribution in [0.4, 0.5) is 0 Å². The fraction of sp³-hybridized carbons (Fsp3) is 0.333. The van der Waals surface area contributed by atoms with Crippen molar-refractivity contribution in [2.75, 3.05) is 11.0 Å². The smallest absolute Gasteiger partial charge is 0.272 e. The Bertz CT molecular complexity index is 1360. The quantitative estimate of drug-likeness (QED) is 0.277. The monoisotopic (exact) mass is 557 g/mol. The van der Waals surface area contributed by atoms with Gasteiger partial charge in [-0.3, -0.25) is 9.59 Å². The number of H-pyrrole nitrogens is 1. The predicted molar refractivity (Wildman–Crippen MR) is 134 cm³/mol. The summed E-state index contributed by atoms with van der Waals surface area (Å²) >= 11 is 2.26. The molecular formula is C24H24IN5O3. The lowest BCUT2D eigenvalue weighted by atomic mass is 9.82. The van der Waals surface area contributed by atoms with Crippen LogP contribution in [0.5, 0.6) is 5.75 Å². The highest BCUT2D eigenvalue weighted by molar-refractivity contribution is 14.1. The zero-order chi connectivity index (χ0) is 22.8. The fourth-order valence-corrected chi connectivity index (χ4v) is 4.82. The first-order chi connectivity index (χ1) is 16.1. The summed E-state index contributed by atoms with van der Waals surface area (Å²) in [5.74, 6) is 0.885. The summed E-state index contributed by atoms with van der Waals surface area (Å²) in [6.07, 6.45) is 6.93. The second-order valence-electron chi connectivity index (χ2n) is 8.30. The molecule has 0 bridgehead atoms. The van der Waals surface area contributed by atoms with Gasteiger partial charge < -0.3 is 10.1 Å². The molecule has 1 aliphatic rings. The molecule has 5 rings (SSSR count). The van der Waals surface area contributed by atoms with Gasteiger partial charge in [-0.25, -0.2) is 9.61 Å². The summed E-state index contributed by atoms with van der Waals surface area (Å²) in [6.45, 7) is 0.633. The molecular weight excluding hydrogens is 533 g/mol. The van der Waals surface area contributed by atoms with Crippen molar-refractivity contribution in [2.45, 2.75) is 37.6 Å². The molecule has 0 aliphatic heterocycles. The molecule has 0 saturated heterocycles. The number of nitrogens with zero attached hydrogens (tertiary/aromatic N) is 3. The normalized spacial score (nSPS) is 18.5. The number of pyridine rings is 1. The van der Waals surface area contributed by atoms with Crippen LogP contribution >= 0.6 is 22.6 Å². The lowest BCUT2D eigenvalue weighted by Crippen LogP contribution is -2.37. The standard InChI is InChI=1S/C24H24IN5O3/c25-11-12-33-17-9-10-21-20(13-26-30(21)14-17)23(31)27-16-7-5-15(6-8-16)22-18-3-1-2-4-19(18)24(32)29-28-22/h1-4,9-10,13-16H,5-8,11-12H2,(H,27,31)(H,29,32)/t15-,16-. The average molecular weight is 557 g/mol. The Balaban J connectivity index is 1.25. The second-order valence-corrected chi connectivity index (χ2v) is 9.37. The van der Waals surface area contributed by atoms with Crippen LogP contribution in [0.3, 0.4) is 0 Å². The zero-order valence-corrected chi connectivity index (χ0v) is 20.1. The van der Waals surface area contributed by atoms with Crippen molar-refractivity contribution in [1.82, 2.24) is 25.1 Å². The molecule has 3 heterocycles. The number of carbonyl (C=O) groups excluding carboxylic acids is 1. The van der Waals surface area contributed by atoms with Crippen LogP contribution in [0, 0.1) is 0 Å². The van der Waals surface area contributed by atoms with E-state index in [-0.39, 0.29) is 23.4 Å². The highest BCUT2D eigenvalue weighted by Crippen LogP contribution is 2.34. The topological polar surface area (TPSA) is 101 Å². The van der Waals surface area contributed by atoms with E-state index < -0.39 is 0 Å². The number of hydrogen-bond donors (Lipinski definition) is 2. The molecule has 2 N–H and O–H groups in total.